The maximum absolute atomic E-state index is 11.1. The molecule has 0 unspecified atom stereocenters. The van der Waals surface area contributed by atoms with Crippen molar-refractivity contribution in [2.75, 3.05) is 18.8 Å². The molecule has 3 nitrogen and oxygen atoms in total. The molecule has 0 atom stereocenters. The fourth-order valence-electron chi connectivity index (χ4n) is 0.833. The monoisotopic (exact) mass is 202 g/mol. The van der Waals surface area contributed by atoms with Gasteiger partial charge in [0.15, 0.2) is 5.11 Å². The molecule has 0 bridgehead atoms. The molecule has 0 spiro atoms. The Morgan fingerprint density at radius 2 is 2.67 bits per heavy atom. The number of thiocarbonyl (C=S) groups is 1. The Bertz CT molecular complexity index is 217. The fourth-order valence-corrected chi connectivity index (χ4v) is 1.94. The highest BCUT2D eigenvalue weighted by Gasteiger charge is 2.23. The lowest BCUT2D eigenvalue weighted by Gasteiger charge is -2.15. The average molecular weight is 202 g/mol. The summed E-state index contributed by atoms with van der Waals surface area (Å²) in [5.74, 6) is 0.828. The molecule has 0 aromatic carbocycles. The predicted octanol–water partition coefficient (Wildman–Crippen LogP) is 1.22. The highest BCUT2D eigenvalue weighted by atomic mass is 32.2. The van der Waals surface area contributed by atoms with Crippen LogP contribution in [0.15, 0.2) is 12.7 Å². The molecule has 1 N–H and O–H groups in total. The van der Waals surface area contributed by atoms with Gasteiger partial charge in [0.2, 0.25) is 0 Å². The van der Waals surface area contributed by atoms with E-state index in [9.17, 15) is 4.79 Å². The van der Waals surface area contributed by atoms with Crippen molar-refractivity contribution in [3.05, 3.63) is 12.7 Å². The van der Waals surface area contributed by atoms with Crippen molar-refractivity contribution in [1.82, 2.24) is 10.2 Å². The number of nitrogens with zero attached hydrogens (tertiary/aromatic N) is 1. The van der Waals surface area contributed by atoms with Crippen molar-refractivity contribution in [1.29, 1.82) is 0 Å². The maximum atomic E-state index is 11.1. The van der Waals surface area contributed by atoms with E-state index in [0.717, 1.165) is 5.75 Å². The van der Waals surface area contributed by atoms with Crippen molar-refractivity contribution in [3.63, 3.8) is 0 Å². The van der Waals surface area contributed by atoms with E-state index in [1.54, 1.807) is 11.0 Å². The Labute approximate surface area is 81.2 Å². The molecule has 1 rings (SSSR count). The summed E-state index contributed by atoms with van der Waals surface area (Å²) < 4.78 is 0. The van der Waals surface area contributed by atoms with Gasteiger partial charge >= 0.3 is 0 Å². The number of hydrogen-bond acceptors (Lipinski definition) is 3. The second-order valence-corrected chi connectivity index (χ2v) is 3.67. The Morgan fingerprint density at radius 1 is 1.92 bits per heavy atom. The third-order valence-electron chi connectivity index (χ3n) is 1.40. The van der Waals surface area contributed by atoms with Crippen LogP contribution in [0.4, 0.5) is 4.79 Å². The largest absolute Gasteiger partial charge is 0.359 e. The second kappa shape index (κ2) is 4.47. The fraction of sp³-hybridized carbons (Fsp3) is 0.429. The van der Waals surface area contributed by atoms with Gasteiger partial charge in [-0.2, -0.15) is 0 Å². The van der Waals surface area contributed by atoms with Crippen molar-refractivity contribution in [2.45, 2.75) is 0 Å². The first kappa shape index (κ1) is 9.54. The summed E-state index contributed by atoms with van der Waals surface area (Å²) in [5, 5.41) is 3.45. The van der Waals surface area contributed by atoms with E-state index in [1.807, 2.05) is 0 Å². The zero-order chi connectivity index (χ0) is 8.97. The van der Waals surface area contributed by atoms with Gasteiger partial charge in [-0.1, -0.05) is 17.8 Å². The third kappa shape index (κ3) is 2.22. The van der Waals surface area contributed by atoms with Crippen LogP contribution in [0.1, 0.15) is 0 Å². The number of nitrogens with one attached hydrogen (secondary N) is 1. The van der Waals surface area contributed by atoms with E-state index in [-0.39, 0.29) is 5.24 Å². The van der Waals surface area contributed by atoms with E-state index in [2.05, 4.69) is 11.9 Å². The average Bonchev–Trinajstić information content (AvgIpc) is 2.47. The van der Waals surface area contributed by atoms with Gasteiger partial charge in [0, 0.05) is 18.8 Å². The molecule has 66 valence electrons. The molecule has 1 aliphatic rings. The molecular formula is C7H10N2OS2. The molecule has 0 aromatic rings. The number of rotatable bonds is 2. The predicted molar refractivity (Wildman–Crippen MR) is 55.4 cm³/mol. The summed E-state index contributed by atoms with van der Waals surface area (Å²) in [7, 11) is 0. The minimum atomic E-state index is 0.0385. The lowest BCUT2D eigenvalue weighted by Crippen LogP contribution is -2.39. The summed E-state index contributed by atoms with van der Waals surface area (Å²) in [4.78, 5) is 12.7. The molecule has 0 aromatic heterocycles. The highest BCUT2D eigenvalue weighted by molar-refractivity contribution is 8.14. The van der Waals surface area contributed by atoms with Gasteiger partial charge in [0.25, 0.3) is 5.24 Å². The molecule has 1 amide bonds. The number of thioether (sulfide) groups is 1. The molecular weight excluding hydrogens is 192 g/mol. The van der Waals surface area contributed by atoms with E-state index in [0.29, 0.717) is 18.2 Å². The zero-order valence-corrected chi connectivity index (χ0v) is 8.21. The van der Waals surface area contributed by atoms with Gasteiger partial charge in [-0.3, -0.25) is 9.69 Å². The van der Waals surface area contributed by atoms with Gasteiger partial charge in [-0.05, 0) is 12.2 Å². The van der Waals surface area contributed by atoms with Crippen LogP contribution in [0, 0.1) is 0 Å². The first-order valence-corrected chi connectivity index (χ1v) is 4.98. The molecule has 1 aliphatic heterocycles. The quantitative estimate of drug-likeness (QED) is 0.539. The minimum absolute atomic E-state index is 0.0385. The van der Waals surface area contributed by atoms with Gasteiger partial charge in [0.05, 0.1) is 0 Å². The molecule has 1 saturated heterocycles. The van der Waals surface area contributed by atoms with E-state index >= 15 is 0 Å². The SMILES string of the molecule is C=CCNC(=S)N1CCSC1=O. The van der Waals surface area contributed by atoms with Crippen LogP contribution < -0.4 is 5.32 Å². The van der Waals surface area contributed by atoms with Crippen LogP contribution in [-0.4, -0.2) is 34.1 Å². The van der Waals surface area contributed by atoms with Gasteiger partial charge in [0.1, 0.15) is 0 Å². The van der Waals surface area contributed by atoms with Crippen LogP contribution in [0.25, 0.3) is 0 Å². The van der Waals surface area contributed by atoms with Crippen LogP contribution in [-0.2, 0) is 0 Å². The molecule has 0 radical (unpaired) electrons. The maximum Gasteiger partial charge on any atom is 0.287 e. The van der Waals surface area contributed by atoms with Gasteiger partial charge in [-0.15, -0.1) is 6.58 Å². The smallest absolute Gasteiger partial charge is 0.287 e. The van der Waals surface area contributed by atoms with E-state index in [4.69, 9.17) is 12.2 Å². The molecule has 1 heterocycles. The van der Waals surface area contributed by atoms with Crippen molar-refractivity contribution < 1.29 is 4.79 Å². The molecule has 12 heavy (non-hydrogen) atoms. The Balaban J connectivity index is 2.40. The summed E-state index contributed by atoms with van der Waals surface area (Å²) in [6.07, 6.45) is 1.71. The summed E-state index contributed by atoms with van der Waals surface area (Å²) in [6.45, 7) is 4.87. The van der Waals surface area contributed by atoms with E-state index < -0.39 is 0 Å². The lowest BCUT2D eigenvalue weighted by molar-refractivity contribution is 0.247. The van der Waals surface area contributed by atoms with Crippen LogP contribution in [0.5, 0.6) is 0 Å². The van der Waals surface area contributed by atoms with Crippen molar-refractivity contribution >= 4 is 34.3 Å². The molecule has 5 heteroatoms. The number of carbonyl (C=O) groups excluding carboxylic acids is 1. The van der Waals surface area contributed by atoms with Crippen LogP contribution in [0.3, 0.4) is 0 Å². The highest BCUT2D eigenvalue weighted by Crippen LogP contribution is 2.16. The zero-order valence-electron chi connectivity index (χ0n) is 6.58. The Morgan fingerprint density at radius 3 is 3.17 bits per heavy atom. The molecule has 1 fully saturated rings. The van der Waals surface area contributed by atoms with Crippen molar-refractivity contribution in [2.24, 2.45) is 0 Å². The Kier molecular flexibility index (Phi) is 3.55. The standard InChI is InChI=1S/C7H10N2OS2/c1-2-3-8-6(11)9-4-5-12-7(9)10/h2H,1,3-5H2,(H,8,11). The number of hydrogen-bond donors (Lipinski definition) is 1. The molecule has 0 aliphatic carbocycles. The first-order valence-electron chi connectivity index (χ1n) is 3.58. The van der Waals surface area contributed by atoms with E-state index in [1.165, 1.54) is 11.8 Å². The number of carbonyl (C=O) groups is 1. The summed E-state index contributed by atoms with van der Waals surface area (Å²) in [5.41, 5.74) is 0. The molecule has 0 saturated carbocycles. The topological polar surface area (TPSA) is 32.3 Å². The van der Waals surface area contributed by atoms with Crippen LogP contribution >= 0.6 is 24.0 Å². The minimum Gasteiger partial charge on any atom is -0.359 e. The normalized spacial score (nSPS) is 16.3. The third-order valence-corrected chi connectivity index (χ3v) is 2.62. The number of amides is 1. The Hall–Kier alpha value is -0.550. The lowest BCUT2D eigenvalue weighted by atomic mass is 10.6. The first-order chi connectivity index (χ1) is 5.75. The van der Waals surface area contributed by atoms with Gasteiger partial charge in [-0.25, -0.2) is 0 Å². The summed E-state index contributed by atoms with van der Waals surface area (Å²) >= 11 is 6.29. The second-order valence-electron chi connectivity index (χ2n) is 2.24. The summed E-state index contributed by atoms with van der Waals surface area (Å²) in [6, 6.07) is 0. The van der Waals surface area contributed by atoms with Crippen LogP contribution in [0.2, 0.25) is 0 Å². The van der Waals surface area contributed by atoms with Gasteiger partial charge < -0.3 is 5.32 Å². The van der Waals surface area contributed by atoms with Crippen molar-refractivity contribution in [3.8, 4) is 0 Å².